The lowest BCUT2D eigenvalue weighted by Gasteiger charge is -2.29. The first-order chi connectivity index (χ1) is 11.1. The Kier molecular flexibility index (Phi) is 6.40. The van der Waals surface area contributed by atoms with Gasteiger partial charge in [-0.05, 0) is 38.4 Å². The van der Waals surface area contributed by atoms with Crippen LogP contribution in [-0.4, -0.2) is 49.5 Å². The monoisotopic (exact) mass is 319 g/mol. The molecule has 0 aliphatic carbocycles. The van der Waals surface area contributed by atoms with Crippen molar-refractivity contribution >= 4 is 17.5 Å². The van der Waals surface area contributed by atoms with Crippen molar-refractivity contribution in [3.05, 3.63) is 24.3 Å². The molecule has 1 fully saturated rings. The van der Waals surface area contributed by atoms with Gasteiger partial charge in [-0.15, -0.1) is 0 Å². The van der Waals surface area contributed by atoms with E-state index in [1.807, 2.05) is 19.1 Å². The Morgan fingerprint density at radius 2 is 2.22 bits per heavy atom. The number of ether oxygens (including phenoxy) is 1. The minimum absolute atomic E-state index is 0.00740. The number of carbonyl (C=O) groups is 2. The Labute approximate surface area is 137 Å². The lowest BCUT2D eigenvalue weighted by Crippen LogP contribution is -2.50. The van der Waals surface area contributed by atoms with Gasteiger partial charge in [-0.25, -0.2) is 0 Å². The van der Waals surface area contributed by atoms with Crippen LogP contribution >= 0.6 is 0 Å². The fraction of sp³-hybridized carbons (Fsp3) is 0.529. The molecule has 0 bridgehead atoms. The third-order valence-electron chi connectivity index (χ3n) is 3.99. The maximum atomic E-state index is 12.5. The Hall–Kier alpha value is -2.08. The maximum Gasteiger partial charge on any atom is 0.243 e. The van der Waals surface area contributed by atoms with Gasteiger partial charge in [0.1, 0.15) is 5.75 Å². The number of anilines is 1. The molecule has 2 amide bonds. The highest BCUT2D eigenvalue weighted by molar-refractivity contribution is 5.95. The summed E-state index contributed by atoms with van der Waals surface area (Å²) < 4.78 is 5.13. The van der Waals surface area contributed by atoms with E-state index in [9.17, 15) is 9.59 Å². The van der Waals surface area contributed by atoms with E-state index < -0.39 is 0 Å². The van der Waals surface area contributed by atoms with E-state index in [1.54, 1.807) is 24.1 Å². The molecule has 1 unspecified atom stereocenters. The predicted octanol–water partition coefficient (Wildman–Crippen LogP) is 1.62. The number of carbonyl (C=O) groups excluding carboxylic acids is 2. The van der Waals surface area contributed by atoms with Crippen LogP contribution in [0.1, 0.15) is 26.2 Å². The molecule has 126 valence electrons. The standard InChI is InChI=1S/C17H25N3O3/c1-3-20(17(22)15-9-4-5-10-18-15)12-16(21)19-13-7-6-8-14(11-13)23-2/h6-8,11,15,18H,3-5,9-10,12H2,1-2H3,(H,19,21). The zero-order valence-electron chi connectivity index (χ0n) is 13.8. The number of hydrogen-bond acceptors (Lipinski definition) is 4. The smallest absolute Gasteiger partial charge is 0.243 e. The second kappa shape index (κ2) is 8.53. The SMILES string of the molecule is CCN(CC(=O)Nc1cccc(OC)c1)C(=O)C1CCCCN1. The molecule has 1 atom stereocenters. The predicted molar refractivity (Wildman–Crippen MR) is 89.5 cm³/mol. The summed E-state index contributed by atoms with van der Waals surface area (Å²) in [5.74, 6) is 0.481. The van der Waals surface area contributed by atoms with Crippen LogP contribution in [0.2, 0.25) is 0 Å². The molecule has 23 heavy (non-hydrogen) atoms. The Morgan fingerprint density at radius 3 is 2.87 bits per heavy atom. The average Bonchev–Trinajstić information content (AvgIpc) is 2.60. The molecule has 0 aromatic heterocycles. The summed E-state index contributed by atoms with van der Waals surface area (Å²) in [5.41, 5.74) is 0.661. The molecule has 6 nitrogen and oxygen atoms in total. The zero-order valence-corrected chi connectivity index (χ0v) is 13.8. The van der Waals surface area contributed by atoms with E-state index in [4.69, 9.17) is 4.74 Å². The van der Waals surface area contributed by atoms with Gasteiger partial charge in [0.2, 0.25) is 11.8 Å². The number of rotatable bonds is 6. The van der Waals surface area contributed by atoms with Crippen molar-refractivity contribution in [3.8, 4) is 5.75 Å². The van der Waals surface area contributed by atoms with Gasteiger partial charge in [-0.1, -0.05) is 12.5 Å². The second-order valence-electron chi connectivity index (χ2n) is 5.64. The molecule has 1 saturated heterocycles. The Bertz CT molecular complexity index is 542. The van der Waals surface area contributed by atoms with Gasteiger partial charge in [-0.2, -0.15) is 0 Å². The first-order valence-electron chi connectivity index (χ1n) is 8.10. The molecule has 2 rings (SSSR count). The molecular formula is C17H25N3O3. The van der Waals surface area contributed by atoms with Crippen LogP contribution in [0, 0.1) is 0 Å². The molecular weight excluding hydrogens is 294 g/mol. The van der Waals surface area contributed by atoms with Crippen LogP contribution < -0.4 is 15.4 Å². The van der Waals surface area contributed by atoms with Crippen LogP contribution in [0.25, 0.3) is 0 Å². The number of piperidine rings is 1. The molecule has 1 aromatic rings. The lowest BCUT2D eigenvalue weighted by molar-refractivity contribution is -0.136. The third-order valence-corrected chi connectivity index (χ3v) is 3.99. The van der Waals surface area contributed by atoms with Crippen LogP contribution in [0.5, 0.6) is 5.75 Å². The minimum atomic E-state index is -0.204. The molecule has 1 aliphatic heterocycles. The molecule has 0 spiro atoms. The fourth-order valence-corrected chi connectivity index (χ4v) is 2.70. The first-order valence-corrected chi connectivity index (χ1v) is 8.10. The van der Waals surface area contributed by atoms with Crippen LogP contribution in [0.3, 0.4) is 0 Å². The van der Waals surface area contributed by atoms with E-state index in [2.05, 4.69) is 10.6 Å². The Balaban J connectivity index is 1.92. The zero-order chi connectivity index (χ0) is 16.7. The number of nitrogens with one attached hydrogen (secondary N) is 2. The fourth-order valence-electron chi connectivity index (χ4n) is 2.70. The summed E-state index contributed by atoms with van der Waals surface area (Å²) in [6, 6.07) is 7.00. The first kappa shape index (κ1) is 17.3. The topological polar surface area (TPSA) is 70.7 Å². The maximum absolute atomic E-state index is 12.5. The number of methoxy groups -OCH3 is 1. The van der Waals surface area contributed by atoms with E-state index in [-0.39, 0.29) is 24.4 Å². The summed E-state index contributed by atoms with van der Waals surface area (Å²) in [5, 5.41) is 6.04. The van der Waals surface area contributed by atoms with Gasteiger partial charge in [0.15, 0.2) is 0 Å². The van der Waals surface area contributed by atoms with E-state index in [0.29, 0.717) is 18.0 Å². The lowest BCUT2D eigenvalue weighted by atomic mass is 10.0. The highest BCUT2D eigenvalue weighted by atomic mass is 16.5. The van der Waals surface area contributed by atoms with E-state index in [1.165, 1.54) is 0 Å². The molecule has 0 saturated carbocycles. The number of amides is 2. The van der Waals surface area contributed by atoms with Crippen molar-refractivity contribution in [2.75, 3.05) is 32.1 Å². The summed E-state index contributed by atoms with van der Waals surface area (Å²) >= 11 is 0. The third kappa shape index (κ3) is 4.96. The number of nitrogens with zero attached hydrogens (tertiary/aromatic N) is 1. The van der Waals surface area contributed by atoms with Gasteiger partial charge >= 0.3 is 0 Å². The van der Waals surface area contributed by atoms with Crippen molar-refractivity contribution in [1.82, 2.24) is 10.2 Å². The van der Waals surface area contributed by atoms with Crippen molar-refractivity contribution in [2.24, 2.45) is 0 Å². The van der Waals surface area contributed by atoms with Crippen LogP contribution in [0.4, 0.5) is 5.69 Å². The minimum Gasteiger partial charge on any atom is -0.497 e. The van der Waals surface area contributed by atoms with E-state index in [0.717, 1.165) is 25.8 Å². The molecule has 1 heterocycles. The van der Waals surface area contributed by atoms with Crippen molar-refractivity contribution in [2.45, 2.75) is 32.2 Å². The quantitative estimate of drug-likeness (QED) is 0.836. The van der Waals surface area contributed by atoms with Gasteiger partial charge in [0.25, 0.3) is 0 Å². The van der Waals surface area contributed by atoms with Crippen molar-refractivity contribution < 1.29 is 14.3 Å². The summed E-state index contributed by atoms with van der Waals surface area (Å²) in [6.45, 7) is 3.33. The highest BCUT2D eigenvalue weighted by Crippen LogP contribution is 2.16. The average molecular weight is 319 g/mol. The summed E-state index contributed by atoms with van der Waals surface area (Å²) in [6.07, 6.45) is 3.00. The molecule has 1 aromatic carbocycles. The number of benzene rings is 1. The van der Waals surface area contributed by atoms with Crippen molar-refractivity contribution in [3.63, 3.8) is 0 Å². The molecule has 6 heteroatoms. The van der Waals surface area contributed by atoms with Crippen LogP contribution in [-0.2, 0) is 9.59 Å². The van der Waals surface area contributed by atoms with Gasteiger partial charge < -0.3 is 20.3 Å². The van der Waals surface area contributed by atoms with Gasteiger partial charge in [-0.3, -0.25) is 9.59 Å². The van der Waals surface area contributed by atoms with Gasteiger partial charge in [0.05, 0.1) is 19.7 Å². The molecule has 0 radical (unpaired) electrons. The molecule has 2 N–H and O–H groups in total. The summed E-state index contributed by atoms with van der Waals surface area (Å²) in [7, 11) is 1.58. The Morgan fingerprint density at radius 1 is 1.39 bits per heavy atom. The van der Waals surface area contributed by atoms with Crippen LogP contribution in [0.15, 0.2) is 24.3 Å². The van der Waals surface area contributed by atoms with E-state index >= 15 is 0 Å². The second-order valence-corrected chi connectivity index (χ2v) is 5.64. The number of hydrogen-bond donors (Lipinski definition) is 2. The van der Waals surface area contributed by atoms with Gasteiger partial charge in [0, 0.05) is 18.3 Å². The highest BCUT2D eigenvalue weighted by Gasteiger charge is 2.26. The normalized spacial score (nSPS) is 17.4. The molecule has 1 aliphatic rings. The summed E-state index contributed by atoms with van der Waals surface area (Å²) in [4.78, 5) is 26.3. The van der Waals surface area contributed by atoms with Crippen molar-refractivity contribution in [1.29, 1.82) is 0 Å². The largest absolute Gasteiger partial charge is 0.497 e. The number of likely N-dealkylation sites (N-methyl/N-ethyl adjacent to an activating group) is 1.